The number of phosphoric acid groups is 3. The van der Waals surface area contributed by atoms with Crippen molar-refractivity contribution in [3.63, 3.8) is 0 Å². The van der Waals surface area contributed by atoms with E-state index in [1.807, 2.05) is 0 Å². The van der Waals surface area contributed by atoms with Gasteiger partial charge in [-0.15, -0.1) is 0 Å². The Morgan fingerprint density at radius 1 is 0.733 bits per heavy atom. The van der Waals surface area contributed by atoms with Gasteiger partial charge in [0.25, 0.3) is 23.5 Å². The summed E-state index contributed by atoms with van der Waals surface area (Å²) in [6, 6.07) is 0. The van der Waals surface area contributed by atoms with E-state index in [0.29, 0.717) is 14.2 Å². The first-order valence-corrected chi connectivity index (χ1v) is 7.39. The third-order valence-corrected chi connectivity index (χ3v) is 4.94. The Labute approximate surface area is 84.6 Å². The Bertz CT molecular complexity index is 317. The smallest absolute Gasteiger partial charge is 0.280 e. The van der Waals surface area contributed by atoms with Gasteiger partial charge in [0.2, 0.25) is 0 Å². The lowest BCUT2D eigenvalue weighted by molar-refractivity contribution is -0.249. The van der Waals surface area contributed by atoms with Crippen molar-refractivity contribution in [3.8, 4) is 0 Å². The lowest BCUT2D eigenvalue weighted by atomic mass is 11.8. The predicted molar refractivity (Wildman–Crippen MR) is 39.0 cm³/mol. The molecule has 0 saturated heterocycles. The Balaban J connectivity index is 4.66. The molecule has 0 aliphatic rings. The standard InChI is InChI=1S/C2H9O10P3/c1-9-13(3,4)11-15(7,8)12-14(5,6)10-2/h1-2H3,(H,3,4)(H,5,6)(H,7,8)/p-3. The summed E-state index contributed by atoms with van der Waals surface area (Å²) in [5.74, 6) is 0. The van der Waals surface area contributed by atoms with E-state index >= 15 is 0 Å². The zero-order valence-corrected chi connectivity index (χ0v) is 10.1. The van der Waals surface area contributed by atoms with Crippen LogP contribution in [0.3, 0.4) is 0 Å². The molecule has 2 unspecified atom stereocenters. The lowest BCUT2D eigenvalue weighted by Gasteiger charge is -2.32. The van der Waals surface area contributed by atoms with E-state index in [0.717, 1.165) is 0 Å². The minimum atomic E-state index is -5.62. The van der Waals surface area contributed by atoms with Crippen LogP contribution in [0.5, 0.6) is 0 Å². The highest BCUT2D eigenvalue weighted by atomic mass is 31.3. The summed E-state index contributed by atoms with van der Waals surface area (Å²) in [6.07, 6.45) is 0. The maximum Gasteiger partial charge on any atom is 0.280 e. The van der Waals surface area contributed by atoms with Crippen molar-refractivity contribution in [2.75, 3.05) is 14.2 Å². The van der Waals surface area contributed by atoms with Crippen LogP contribution >= 0.6 is 23.5 Å². The van der Waals surface area contributed by atoms with E-state index in [-0.39, 0.29) is 0 Å². The second-order valence-corrected chi connectivity index (χ2v) is 6.59. The van der Waals surface area contributed by atoms with Crippen molar-refractivity contribution in [3.05, 3.63) is 0 Å². The minimum absolute atomic E-state index is 0.612. The average molecular weight is 283 g/mol. The van der Waals surface area contributed by atoms with Gasteiger partial charge >= 0.3 is 0 Å². The molecule has 13 heteroatoms. The quantitative estimate of drug-likeness (QED) is 0.537. The van der Waals surface area contributed by atoms with E-state index < -0.39 is 23.5 Å². The molecule has 10 nitrogen and oxygen atoms in total. The van der Waals surface area contributed by atoms with Crippen LogP contribution < -0.4 is 14.7 Å². The maximum atomic E-state index is 10.7. The van der Waals surface area contributed by atoms with Crippen molar-refractivity contribution in [2.45, 2.75) is 0 Å². The highest BCUT2D eigenvalue weighted by molar-refractivity contribution is 7.65. The van der Waals surface area contributed by atoms with Crippen molar-refractivity contribution in [2.24, 2.45) is 0 Å². The van der Waals surface area contributed by atoms with Crippen molar-refractivity contribution >= 4 is 23.5 Å². The number of phosphoric ester groups is 2. The first-order valence-electron chi connectivity index (χ1n) is 3.01. The molecule has 0 heterocycles. The number of hydrogen-bond donors (Lipinski definition) is 0. The van der Waals surface area contributed by atoms with E-state index in [1.165, 1.54) is 0 Å². The molecule has 0 aliphatic heterocycles. The average Bonchev–Trinajstić information content (AvgIpc) is 2.00. The highest BCUT2D eigenvalue weighted by Gasteiger charge is 2.24. The van der Waals surface area contributed by atoms with Gasteiger partial charge in [0.1, 0.15) is 0 Å². The number of hydrogen-bond acceptors (Lipinski definition) is 10. The molecule has 0 aliphatic carbocycles. The summed E-state index contributed by atoms with van der Waals surface area (Å²) >= 11 is 0. The third-order valence-electron chi connectivity index (χ3n) is 0.847. The van der Waals surface area contributed by atoms with E-state index in [2.05, 4.69) is 17.7 Å². The van der Waals surface area contributed by atoms with E-state index in [4.69, 9.17) is 0 Å². The first-order chi connectivity index (χ1) is 6.54. The van der Waals surface area contributed by atoms with Crippen LogP contribution in [0, 0.1) is 0 Å². The summed E-state index contributed by atoms with van der Waals surface area (Å²) < 4.78 is 45.5. The van der Waals surface area contributed by atoms with Gasteiger partial charge in [0.05, 0.1) is 0 Å². The van der Waals surface area contributed by atoms with Crippen LogP contribution in [-0.4, -0.2) is 14.2 Å². The van der Waals surface area contributed by atoms with E-state index in [9.17, 15) is 28.4 Å². The SMILES string of the molecule is COP(=O)([O-])OP(=O)([O-])OP(=O)([O-])OC. The molecule has 0 bridgehead atoms. The molecular weight excluding hydrogens is 277 g/mol. The fourth-order valence-corrected chi connectivity index (χ4v) is 3.21. The summed E-state index contributed by atoms with van der Waals surface area (Å²) in [4.78, 5) is 31.6. The Morgan fingerprint density at radius 3 is 1.20 bits per heavy atom. The van der Waals surface area contributed by atoms with Crippen LogP contribution in [0.25, 0.3) is 0 Å². The fourth-order valence-electron chi connectivity index (χ4n) is 0.327. The normalized spacial score (nSPS) is 23.8. The summed E-state index contributed by atoms with van der Waals surface area (Å²) in [6.45, 7) is 0. The molecule has 0 amide bonds. The zero-order chi connectivity index (χ0) is 12.3. The van der Waals surface area contributed by atoms with Crippen LogP contribution in [0.2, 0.25) is 0 Å². The summed E-state index contributed by atoms with van der Waals surface area (Å²) in [5, 5.41) is 0. The molecule has 92 valence electrons. The molecule has 2 atom stereocenters. The largest absolute Gasteiger partial charge is 0.756 e. The Kier molecular flexibility index (Phi) is 5.30. The Morgan fingerprint density at radius 2 is 1.00 bits per heavy atom. The van der Waals surface area contributed by atoms with Crippen LogP contribution in [0.4, 0.5) is 0 Å². The van der Waals surface area contributed by atoms with Gasteiger partial charge in [0, 0.05) is 14.2 Å². The minimum Gasteiger partial charge on any atom is -0.756 e. The monoisotopic (exact) mass is 283 g/mol. The topological polar surface area (TPSA) is 157 Å². The summed E-state index contributed by atoms with van der Waals surface area (Å²) in [7, 11) is -14.7. The van der Waals surface area contributed by atoms with Crippen LogP contribution in [0.1, 0.15) is 0 Å². The van der Waals surface area contributed by atoms with Gasteiger partial charge in [-0.3, -0.25) is 13.7 Å². The lowest BCUT2D eigenvalue weighted by Crippen LogP contribution is -2.15. The first kappa shape index (κ1) is 15.4. The number of rotatable bonds is 6. The molecule has 0 aromatic carbocycles. The van der Waals surface area contributed by atoms with Gasteiger partial charge in [-0.1, -0.05) is 0 Å². The molecule has 0 saturated carbocycles. The highest BCUT2D eigenvalue weighted by Crippen LogP contribution is 2.62. The molecule has 15 heavy (non-hydrogen) atoms. The third kappa shape index (κ3) is 6.55. The maximum absolute atomic E-state index is 10.7. The van der Waals surface area contributed by atoms with Crippen molar-refractivity contribution in [1.29, 1.82) is 0 Å². The molecule has 0 aromatic rings. The second kappa shape index (κ2) is 5.16. The summed E-state index contributed by atoms with van der Waals surface area (Å²) in [5.41, 5.74) is 0. The zero-order valence-electron chi connectivity index (χ0n) is 7.42. The van der Waals surface area contributed by atoms with Gasteiger partial charge in [-0.25, -0.2) is 8.62 Å². The second-order valence-electron chi connectivity index (χ2n) is 1.87. The molecule has 0 radical (unpaired) electrons. The molecule has 0 fully saturated rings. The Hall–Kier alpha value is 0.410. The fraction of sp³-hybridized carbons (Fsp3) is 1.00. The van der Waals surface area contributed by atoms with Crippen LogP contribution in [-0.2, 0) is 31.4 Å². The van der Waals surface area contributed by atoms with Gasteiger partial charge < -0.3 is 23.7 Å². The van der Waals surface area contributed by atoms with Gasteiger partial charge in [-0.2, -0.15) is 0 Å². The molecule has 0 spiro atoms. The van der Waals surface area contributed by atoms with Gasteiger partial charge in [-0.05, 0) is 0 Å². The molecular formula is C2H6O10P3-3. The molecule has 0 rings (SSSR count). The van der Waals surface area contributed by atoms with E-state index in [1.54, 1.807) is 0 Å². The predicted octanol–water partition coefficient (Wildman–Crippen LogP) is -1.28. The van der Waals surface area contributed by atoms with Gasteiger partial charge in [0.15, 0.2) is 0 Å². The molecule has 0 aromatic heterocycles. The molecule has 0 N–H and O–H groups in total. The van der Waals surface area contributed by atoms with Crippen molar-refractivity contribution < 1.29 is 46.0 Å². The van der Waals surface area contributed by atoms with Crippen molar-refractivity contribution in [1.82, 2.24) is 0 Å². The van der Waals surface area contributed by atoms with Crippen LogP contribution in [0.15, 0.2) is 0 Å².